The van der Waals surface area contributed by atoms with Crippen molar-refractivity contribution in [3.05, 3.63) is 32.5 Å². The average Bonchev–Trinajstić information content (AvgIpc) is 2.99. The fourth-order valence-corrected chi connectivity index (χ4v) is 5.06. The van der Waals surface area contributed by atoms with E-state index in [-0.39, 0.29) is 11.9 Å². The molecule has 2 aromatic heterocycles. The van der Waals surface area contributed by atoms with Crippen molar-refractivity contribution in [2.45, 2.75) is 65.0 Å². The Bertz CT molecular complexity index is 897. The molecule has 7 nitrogen and oxygen atoms in total. The molecule has 0 radical (unpaired) electrons. The van der Waals surface area contributed by atoms with Gasteiger partial charge in [0.1, 0.15) is 4.88 Å². The van der Waals surface area contributed by atoms with Gasteiger partial charge in [0.15, 0.2) is 0 Å². The SMILES string of the molecule is Cc1nc(C)c(C(=O)N[C@H]2C[C@@H](O)CN(c3nc(C)c4c(n3)CCCC4)C2)s1. The Kier molecular flexibility index (Phi) is 5.33. The first-order valence-electron chi connectivity index (χ1n) is 9.95. The van der Waals surface area contributed by atoms with Gasteiger partial charge in [-0.15, -0.1) is 11.3 Å². The number of hydrogen-bond acceptors (Lipinski definition) is 7. The number of piperidine rings is 1. The first-order chi connectivity index (χ1) is 13.4. The van der Waals surface area contributed by atoms with Crippen LogP contribution < -0.4 is 10.2 Å². The van der Waals surface area contributed by atoms with Crippen molar-refractivity contribution in [3.8, 4) is 0 Å². The number of anilines is 1. The van der Waals surface area contributed by atoms with Crippen molar-refractivity contribution in [2.75, 3.05) is 18.0 Å². The van der Waals surface area contributed by atoms with E-state index in [0.29, 0.717) is 30.3 Å². The standard InChI is InChI=1S/C20H27N5O2S/c1-11-16-6-4-5-7-17(16)24-20(22-11)25-9-14(8-15(26)10-25)23-19(27)18-12(2)21-13(3)28-18/h14-15,26H,4-10H2,1-3H3,(H,23,27)/t14-,15+/m0/s1. The molecule has 3 heterocycles. The van der Waals surface area contributed by atoms with Crippen LogP contribution in [-0.2, 0) is 12.8 Å². The van der Waals surface area contributed by atoms with Gasteiger partial charge in [-0.25, -0.2) is 15.0 Å². The van der Waals surface area contributed by atoms with E-state index in [2.05, 4.69) is 10.3 Å². The number of β-amino-alcohol motifs (C(OH)–C–C–N with tert-alkyl or cyclic N) is 1. The number of carbonyl (C=O) groups is 1. The van der Waals surface area contributed by atoms with Crippen LogP contribution in [0.25, 0.3) is 0 Å². The molecule has 1 fully saturated rings. The number of thiazole rings is 1. The number of rotatable bonds is 3. The van der Waals surface area contributed by atoms with Crippen LogP contribution in [0.15, 0.2) is 0 Å². The summed E-state index contributed by atoms with van der Waals surface area (Å²) in [5.74, 6) is 0.547. The number of aryl methyl sites for hydroxylation is 4. The molecule has 0 unspecified atom stereocenters. The molecule has 2 N–H and O–H groups in total. The topological polar surface area (TPSA) is 91.2 Å². The Morgan fingerprint density at radius 1 is 1.11 bits per heavy atom. The van der Waals surface area contributed by atoms with E-state index in [0.717, 1.165) is 41.4 Å². The number of nitrogens with one attached hydrogen (secondary N) is 1. The van der Waals surface area contributed by atoms with Gasteiger partial charge >= 0.3 is 0 Å². The summed E-state index contributed by atoms with van der Waals surface area (Å²) in [6, 6.07) is -0.155. The summed E-state index contributed by atoms with van der Waals surface area (Å²) < 4.78 is 0. The second kappa shape index (κ2) is 7.75. The Morgan fingerprint density at radius 3 is 2.64 bits per heavy atom. The summed E-state index contributed by atoms with van der Waals surface area (Å²) >= 11 is 1.40. The van der Waals surface area contributed by atoms with E-state index in [1.54, 1.807) is 0 Å². The molecule has 0 spiro atoms. The second-order valence-corrected chi connectivity index (χ2v) is 9.06. The highest BCUT2D eigenvalue weighted by Gasteiger charge is 2.30. The monoisotopic (exact) mass is 401 g/mol. The predicted octanol–water partition coefficient (Wildman–Crippen LogP) is 2.11. The van der Waals surface area contributed by atoms with Crippen molar-refractivity contribution < 1.29 is 9.90 Å². The van der Waals surface area contributed by atoms with E-state index >= 15 is 0 Å². The fraction of sp³-hybridized carbons (Fsp3) is 0.600. The molecule has 1 amide bonds. The van der Waals surface area contributed by atoms with E-state index < -0.39 is 6.10 Å². The number of hydrogen-bond donors (Lipinski definition) is 2. The molecule has 2 aliphatic rings. The molecule has 0 aromatic carbocycles. The molecule has 8 heteroatoms. The van der Waals surface area contributed by atoms with Gasteiger partial charge in [-0.2, -0.15) is 0 Å². The van der Waals surface area contributed by atoms with Crippen LogP contribution >= 0.6 is 11.3 Å². The zero-order valence-electron chi connectivity index (χ0n) is 16.7. The van der Waals surface area contributed by atoms with Gasteiger partial charge in [0.05, 0.1) is 16.8 Å². The predicted molar refractivity (Wildman–Crippen MR) is 109 cm³/mol. The van der Waals surface area contributed by atoms with Crippen molar-refractivity contribution in [2.24, 2.45) is 0 Å². The number of nitrogens with zero attached hydrogens (tertiary/aromatic N) is 4. The summed E-state index contributed by atoms with van der Waals surface area (Å²) in [7, 11) is 0. The highest BCUT2D eigenvalue weighted by Crippen LogP contribution is 2.26. The summed E-state index contributed by atoms with van der Waals surface area (Å²) in [5, 5.41) is 14.4. The molecule has 1 saturated heterocycles. The Labute approximate surface area is 169 Å². The summed E-state index contributed by atoms with van der Waals surface area (Å²) in [5.41, 5.74) is 4.22. The van der Waals surface area contributed by atoms with Crippen LogP contribution in [-0.4, -0.2) is 51.2 Å². The maximum atomic E-state index is 12.7. The molecular formula is C20H27N5O2S. The maximum absolute atomic E-state index is 12.7. The van der Waals surface area contributed by atoms with Crippen LogP contribution in [0.5, 0.6) is 0 Å². The minimum absolute atomic E-state index is 0.121. The maximum Gasteiger partial charge on any atom is 0.263 e. The van der Waals surface area contributed by atoms with Crippen LogP contribution in [0, 0.1) is 20.8 Å². The first-order valence-corrected chi connectivity index (χ1v) is 10.8. The highest BCUT2D eigenvalue weighted by atomic mass is 32.1. The molecular weight excluding hydrogens is 374 g/mol. The number of aliphatic hydroxyl groups is 1. The lowest BCUT2D eigenvalue weighted by atomic mass is 9.95. The highest BCUT2D eigenvalue weighted by molar-refractivity contribution is 7.13. The van der Waals surface area contributed by atoms with Crippen LogP contribution in [0.2, 0.25) is 0 Å². The molecule has 2 atom stereocenters. The average molecular weight is 402 g/mol. The van der Waals surface area contributed by atoms with Gasteiger partial charge in [-0.3, -0.25) is 4.79 Å². The van der Waals surface area contributed by atoms with Gasteiger partial charge in [0, 0.05) is 30.5 Å². The van der Waals surface area contributed by atoms with Crippen LogP contribution in [0.1, 0.15) is 56.6 Å². The third kappa shape index (κ3) is 3.89. The molecule has 0 saturated carbocycles. The molecule has 1 aliphatic carbocycles. The third-order valence-corrected chi connectivity index (χ3v) is 6.61. The van der Waals surface area contributed by atoms with Crippen LogP contribution in [0.3, 0.4) is 0 Å². The molecule has 0 bridgehead atoms. The first kappa shape index (κ1) is 19.3. The zero-order valence-corrected chi connectivity index (χ0v) is 17.5. The minimum atomic E-state index is -0.525. The minimum Gasteiger partial charge on any atom is -0.391 e. The van der Waals surface area contributed by atoms with Crippen molar-refractivity contribution in [3.63, 3.8) is 0 Å². The quantitative estimate of drug-likeness (QED) is 0.819. The molecule has 1 aliphatic heterocycles. The lowest BCUT2D eigenvalue weighted by molar-refractivity contribution is 0.0897. The third-order valence-electron chi connectivity index (χ3n) is 5.53. The summed E-state index contributed by atoms with van der Waals surface area (Å²) in [6.45, 7) is 6.88. The molecule has 28 heavy (non-hydrogen) atoms. The Hall–Kier alpha value is -2.06. The Morgan fingerprint density at radius 2 is 1.89 bits per heavy atom. The normalized spacial score (nSPS) is 22.1. The van der Waals surface area contributed by atoms with E-state index in [4.69, 9.17) is 9.97 Å². The van der Waals surface area contributed by atoms with Crippen molar-refractivity contribution in [1.82, 2.24) is 20.3 Å². The number of carbonyl (C=O) groups excluding carboxylic acids is 1. The molecule has 2 aromatic rings. The zero-order chi connectivity index (χ0) is 19.8. The number of aromatic nitrogens is 3. The van der Waals surface area contributed by atoms with E-state index in [1.807, 2.05) is 25.7 Å². The number of fused-ring (bicyclic) bond motifs is 1. The van der Waals surface area contributed by atoms with Crippen molar-refractivity contribution >= 4 is 23.2 Å². The summed E-state index contributed by atoms with van der Waals surface area (Å²) in [6.07, 6.45) is 4.41. The van der Waals surface area contributed by atoms with E-state index in [9.17, 15) is 9.90 Å². The van der Waals surface area contributed by atoms with Gasteiger partial charge in [0.2, 0.25) is 5.95 Å². The number of aliphatic hydroxyl groups excluding tert-OH is 1. The lowest BCUT2D eigenvalue weighted by Crippen LogP contribution is -2.53. The number of amides is 1. The summed E-state index contributed by atoms with van der Waals surface area (Å²) in [4.78, 5) is 29.2. The molecule has 150 valence electrons. The Balaban J connectivity index is 1.51. The second-order valence-electron chi connectivity index (χ2n) is 7.85. The van der Waals surface area contributed by atoms with Gasteiger partial charge in [-0.05, 0) is 58.4 Å². The largest absolute Gasteiger partial charge is 0.391 e. The fourth-order valence-electron chi connectivity index (χ4n) is 4.24. The molecule has 4 rings (SSSR count). The van der Waals surface area contributed by atoms with Gasteiger partial charge < -0.3 is 15.3 Å². The van der Waals surface area contributed by atoms with Gasteiger partial charge in [0.25, 0.3) is 5.91 Å². The van der Waals surface area contributed by atoms with Crippen molar-refractivity contribution in [1.29, 1.82) is 0 Å². The van der Waals surface area contributed by atoms with Gasteiger partial charge in [-0.1, -0.05) is 0 Å². The lowest BCUT2D eigenvalue weighted by Gasteiger charge is -2.36. The smallest absolute Gasteiger partial charge is 0.263 e. The van der Waals surface area contributed by atoms with E-state index in [1.165, 1.54) is 23.3 Å². The van der Waals surface area contributed by atoms with Crippen LogP contribution in [0.4, 0.5) is 5.95 Å².